The first kappa shape index (κ1) is 25.0. The highest BCUT2D eigenvalue weighted by Gasteiger charge is 2.44. The molecule has 9 nitrogen and oxygen atoms in total. The van der Waals surface area contributed by atoms with E-state index in [-0.39, 0.29) is 12.2 Å². The Morgan fingerprint density at radius 3 is 2.58 bits per heavy atom. The van der Waals surface area contributed by atoms with Gasteiger partial charge < -0.3 is 19.9 Å². The summed E-state index contributed by atoms with van der Waals surface area (Å²) in [5, 5.41) is 8.45. The number of rotatable bonds is 8. The van der Waals surface area contributed by atoms with Crippen LogP contribution in [0.3, 0.4) is 0 Å². The van der Waals surface area contributed by atoms with Crippen molar-refractivity contribution in [2.45, 2.75) is 51.7 Å². The molecule has 2 aliphatic heterocycles. The number of piperidine rings is 1. The molecule has 2 aromatic rings. The van der Waals surface area contributed by atoms with Gasteiger partial charge in [-0.1, -0.05) is 26.0 Å². The van der Waals surface area contributed by atoms with Crippen molar-refractivity contribution in [1.29, 1.82) is 0 Å². The highest BCUT2D eigenvalue weighted by Crippen LogP contribution is 2.39. The van der Waals surface area contributed by atoms with Crippen molar-refractivity contribution in [2.75, 3.05) is 58.7 Å². The molecule has 2 unspecified atom stereocenters. The highest BCUT2D eigenvalue weighted by atomic mass is 16.6. The molecule has 0 spiro atoms. The summed E-state index contributed by atoms with van der Waals surface area (Å²) in [5.74, 6) is 2.20. The Morgan fingerprint density at radius 2 is 1.92 bits per heavy atom. The van der Waals surface area contributed by atoms with Crippen molar-refractivity contribution in [1.82, 2.24) is 29.3 Å². The fourth-order valence-electron chi connectivity index (χ4n) is 5.86. The number of hydrogen-bond donors (Lipinski definition) is 1. The number of hydrogen-bond acceptors (Lipinski definition) is 7. The molecule has 2 aromatic heterocycles. The summed E-state index contributed by atoms with van der Waals surface area (Å²) in [6.07, 6.45) is 8.44. The third-order valence-corrected chi connectivity index (χ3v) is 7.85. The van der Waals surface area contributed by atoms with Crippen LogP contribution >= 0.6 is 0 Å². The molecule has 196 valence electrons. The average molecular weight is 496 g/mol. The molecular weight excluding hydrogens is 454 g/mol. The number of aryl methyl sites for hydroxylation is 1. The normalized spacial score (nSPS) is 24.9. The predicted octanol–water partition coefficient (Wildman–Crippen LogP) is 3.22. The smallest absolute Gasteiger partial charge is 0.410 e. The van der Waals surface area contributed by atoms with E-state index in [1.807, 2.05) is 22.5 Å². The van der Waals surface area contributed by atoms with E-state index in [2.05, 4.69) is 66.4 Å². The van der Waals surface area contributed by atoms with Crippen LogP contribution in [-0.2, 0) is 4.74 Å². The number of anilines is 1. The number of ether oxygens (including phenoxy) is 1. The Morgan fingerprint density at radius 1 is 1.19 bits per heavy atom. The van der Waals surface area contributed by atoms with Crippen LogP contribution in [0, 0.1) is 18.8 Å². The number of nitrogens with zero attached hydrogens (tertiary/aromatic N) is 6. The SMILES string of the molecule is Cc1cc(NC2C3CCC2CN(C(=O)OC2CN(C/C=C/CN(C)C)C2)C3)n2ncc(C(C)C)c2n1. The molecule has 1 saturated carbocycles. The number of likely N-dealkylation sites (tertiary alicyclic amines) is 2. The second-order valence-corrected chi connectivity index (χ2v) is 11.4. The van der Waals surface area contributed by atoms with Gasteiger partial charge in [-0.3, -0.25) is 4.90 Å². The first-order valence-corrected chi connectivity index (χ1v) is 13.4. The second kappa shape index (κ2) is 10.4. The van der Waals surface area contributed by atoms with Crippen molar-refractivity contribution in [3.05, 3.63) is 35.7 Å². The maximum absolute atomic E-state index is 12.9. The fraction of sp³-hybridized carbons (Fsp3) is 0.667. The average Bonchev–Trinajstić information content (AvgIpc) is 3.31. The van der Waals surface area contributed by atoms with Crippen LogP contribution in [0.5, 0.6) is 0 Å². The Hall–Kier alpha value is -2.65. The maximum atomic E-state index is 12.9. The molecule has 1 N–H and O–H groups in total. The van der Waals surface area contributed by atoms with Gasteiger partial charge in [0.2, 0.25) is 0 Å². The van der Waals surface area contributed by atoms with Crippen LogP contribution in [0.4, 0.5) is 10.6 Å². The van der Waals surface area contributed by atoms with E-state index < -0.39 is 0 Å². The molecule has 3 fully saturated rings. The number of likely N-dealkylation sites (N-methyl/N-ethyl adjacent to an activating group) is 1. The van der Waals surface area contributed by atoms with Gasteiger partial charge in [-0.05, 0) is 51.6 Å². The van der Waals surface area contributed by atoms with E-state index >= 15 is 0 Å². The topological polar surface area (TPSA) is 78.2 Å². The molecule has 2 saturated heterocycles. The minimum absolute atomic E-state index is 0.0105. The minimum Gasteiger partial charge on any atom is -0.443 e. The monoisotopic (exact) mass is 495 g/mol. The molecule has 2 bridgehead atoms. The molecule has 1 amide bonds. The van der Waals surface area contributed by atoms with Gasteiger partial charge >= 0.3 is 6.09 Å². The summed E-state index contributed by atoms with van der Waals surface area (Å²) in [6, 6.07) is 2.42. The Labute approximate surface area is 214 Å². The van der Waals surface area contributed by atoms with Crippen LogP contribution in [0.15, 0.2) is 24.4 Å². The third-order valence-electron chi connectivity index (χ3n) is 7.85. The summed E-state index contributed by atoms with van der Waals surface area (Å²) < 4.78 is 7.79. The molecule has 1 aliphatic carbocycles. The summed E-state index contributed by atoms with van der Waals surface area (Å²) in [6.45, 7) is 11.4. The molecule has 0 aromatic carbocycles. The summed E-state index contributed by atoms with van der Waals surface area (Å²) in [4.78, 5) is 24.1. The van der Waals surface area contributed by atoms with Crippen molar-refractivity contribution >= 4 is 17.6 Å². The zero-order valence-electron chi connectivity index (χ0n) is 22.4. The summed E-state index contributed by atoms with van der Waals surface area (Å²) in [5.41, 5.74) is 3.09. The van der Waals surface area contributed by atoms with Gasteiger partial charge in [0, 0.05) is 62.6 Å². The Balaban J connectivity index is 1.15. The molecule has 4 heterocycles. The molecule has 2 atom stereocenters. The van der Waals surface area contributed by atoms with E-state index in [0.717, 1.165) is 69.3 Å². The maximum Gasteiger partial charge on any atom is 0.410 e. The highest BCUT2D eigenvalue weighted by molar-refractivity contribution is 5.68. The molecule has 5 rings (SSSR count). The van der Waals surface area contributed by atoms with Crippen LogP contribution in [0.25, 0.3) is 5.65 Å². The largest absolute Gasteiger partial charge is 0.443 e. The predicted molar refractivity (Wildman–Crippen MR) is 141 cm³/mol. The lowest BCUT2D eigenvalue weighted by Crippen LogP contribution is -2.56. The standard InChI is InChI=1S/C27H41N7O2/c1-18(2)23-13-28-34-24(12-19(3)29-26(23)34)30-25-20-8-9-21(25)15-33(14-20)27(35)36-22-16-32(17-22)11-7-6-10-31(4)5/h6-7,12-13,18,20-22,25,30H,8-11,14-17H2,1-5H3/b7-6+. The van der Waals surface area contributed by atoms with E-state index in [9.17, 15) is 4.79 Å². The zero-order chi connectivity index (χ0) is 25.4. The van der Waals surface area contributed by atoms with Crippen LogP contribution < -0.4 is 5.32 Å². The molecule has 36 heavy (non-hydrogen) atoms. The van der Waals surface area contributed by atoms with Crippen molar-refractivity contribution < 1.29 is 9.53 Å². The lowest BCUT2D eigenvalue weighted by Gasteiger charge is -2.41. The van der Waals surface area contributed by atoms with Gasteiger partial charge in [-0.2, -0.15) is 9.61 Å². The van der Waals surface area contributed by atoms with E-state index in [4.69, 9.17) is 9.72 Å². The number of carbonyl (C=O) groups excluding carboxylic acids is 1. The van der Waals surface area contributed by atoms with E-state index in [0.29, 0.717) is 23.8 Å². The first-order valence-electron chi connectivity index (χ1n) is 13.4. The first-order chi connectivity index (χ1) is 17.3. The molecule has 0 radical (unpaired) electrons. The number of nitrogens with one attached hydrogen (secondary N) is 1. The number of fused-ring (bicyclic) bond motifs is 3. The molecule has 9 heteroatoms. The van der Waals surface area contributed by atoms with E-state index in [1.165, 1.54) is 5.56 Å². The van der Waals surface area contributed by atoms with Crippen molar-refractivity contribution in [3.8, 4) is 0 Å². The molecular formula is C27H41N7O2. The number of amides is 1. The van der Waals surface area contributed by atoms with Gasteiger partial charge in [-0.25, -0.2) is 9.78 Å². The van der Waals surface area contributed by atoms with Gasteiger partial charge in [0.25, 0.3) is 0 Å². The van der Waals surface area contributed by atoms with Crippen LogP contribution in [-0.4, -0.2) is 101 Å². The van der Waals surface area contributed by atoms with Gasteiger partial charge in [0.05, 0.1) is 6.20 Å². The van der Waals surface area contributed by atoms with Crippen molar-refractivity contribution in [2.24, 2.45) is 11.8 Å². The van der Waals surface area contributed by atoms with Crippen LogP contribution in [0.1, 0.15) is 43.9 Å². The number of carbonyl (C=O) groups is 1. The lowest BCUT2D eigenvalue weighted by atomic mass is 9.92. The quantitative estimate of drug-likeness (QED) is 0.564. The van der Waals surface area contributed by atoms with Gasteiger partial charge in [0.15, 0.2) is 5.65 Å². The third kappa shape index (κ3) is 5.22. The fourth-order valence-corrected chi connectivity index (χ4v) is 5.86. The van der Waals surface area contributed by atoms with Crippen molar-refractivity contribution in [3.63, 3.8) is 0 Å². The Bertz CT molecular complexity index is 1090. The number of aromatic nitrogens is 3. The summed E-state index contributed by atoms with van der Waals surface area (Å²) in [7, 11) is 4.13. The minimum atomic E-state index is -0.144. The van der Waals surface area contributed by atoms with Crippen LogP contribution in [0.2, 0.25) is 0 Å². The Kier molecular flexibility index (Phi) is 7.21. The zero-order valence-corrected chi connectivity index (χ0v) is 22.4. The molecule has 3 aliphatic rings. The van der Waals surface area contributed by atoms with Gasteiger partial charge in [-0.15, -0.1) is 0 Å². The lowest BCUT2D eigenvalue weighted by molar-refractivity contribution is -0.0265. The van der Waals surface area contributed by atoms with E-state index in [1.54, 1.807) is 0 Å². The summed E-state index contributed by atoms with van der Waals surface area (Å²) >= 11 is 0. The van der Waals surface area contributed by atoms with Gasteiger partial charge in [0.1, 0.15) is 11.9 Å². The second-order valence-electron chi connectivity index (χ2n) is 11.4.